The highest BCUT2D eigenvalue weighted by Crippen LogP contribution is 2.15. The molecule has 2 aromatic heterocycles. The van der Waals surface area contributed by atoms with E-state index < -0.39 is 0 Å². The monoisotopic (exact) mass is 340 g/mol. The summed E-state index contributed by atoms with van der Waals surface area (Å²) >= 11 is 1.29. The Bertz CT molecular complexity index is 793. The molecule has 0 atom stereocenters. The number of anilines is 1. The van der Waals surface area contributed by atoms with Crippen molar-refractivity contribution in [3.63, 3.8) is 0 Å². The molecule has 0 aliphatic carbocycles. The van der Waals surface area contributed by atoms with Crippen LogP contribution < -0.4 is 5.32 Å². The highest BCUT2D eigenvalue weighted by molar-refractivity contribution is 7.13. The molecular formula is C16H16N6OS. The van der Waals surface area contributed by atoms with Crippen molar-refractivity contribution in [1.82, 2.24) is 25.1 Å². The third-order valence-corrected chi connectivity index (χ3v) is 4.05. The van der Waals surface area contributed by atoms with Crippen molar-refractivity contribution in [1.29, 1.82) is 0 Å². The van der Waals surface area contributed by atoms with Gasteiger partial charge >= 0.3 is 0 Å². The number of hydrogen-bond acceptors (Lipinski definition) is 7. The van der Waals surface area contributed by atoms with Crippen molar-refractivity contribution in [3.05, 3.63) is 64.6 Å². The van der Waals surface area contributed by atoms with E-state index >= 15 is 0 Å². The average Bonchev–Trinajstić information content (AvgIpc) is 3.05. The fourth-order valence-corrected chi connectivity index (χ4v) is 2.91. The highest BCUT2D eigenvalue weighted by Gasteiger charge is 2.14. The van der Waals surface area contributed by atoms with Gasteiger partial charge in [-0.15, -0.1) is 10.2 Å². The number of para-hydroxylation sites is 1. The van der Waals surface area contributed by atoms with Crippen LogP contribution in [0, 0.1) is 0 Å². The van der Waals surface area contributed by atoms with Crippen molar-refractivity contribution in [2.45, 2.75) is 13.1 Å². The van der Waals surface area contributed by atoms with E-state index in [1.807, 2.05) is 42.3 Å². The summed E-state index contributed by atoms with van der Waals surface area (Å²) in [5, 5.41) is 12.0. The van der Waals surface area contributed by atoms with Gasteiger partial charge < -0.3 is 5.32 Å². The second-order valence-electron chi connectivity index (χ2n) is 5.19. The van der Waals surface area contributed by atoms with Crippen molar-refractivity contribution >= 4 is 22.9 Å². The lowest BCUT2D eigenvalue weighted by molar-refractivity contribution is 0.102. The molecule has 1 N–H and O–H groups in total. The number of benzene rings is 1. The second-order valence-corrected chi connectivity index (χ2v) is 6.25. The number of rotatable bonds is 6. The van der Waals surface area contributed by atoms with Crippen molar-refractivity contribution in [2.24, 2.45) is 0 Å². The first-order valence-electron chi connectivity index (χ1n) is 7.33. The molecule has 122 valence electrons. The maximum atomic E-state index is 12.2. The van der Waals surface area contributed by atoms with Crippen LogP contribution in [0.25, 0.3) is 0 Å². The molecule has 0 saturated carbocycles. The smallest absolute Gasteiger partial charge is 0.286 e. The molecule has 1 amide bonds. The van der Waals surface area contributed by atoms with Gasteiger partial charge in [-0.2, -0.15) is 0 Å². The number of amides is 1. The number of carbonyl (C=O) groups excluding carboxylic acids is 1. The summed E-state index contributed by atoms with van der Waals surface area (Å²) in [5.41, 5.74) is 1.62. The van der Waals surface area contributed by atoms with E-state index in [1.165, 1.54) is 11.3 Å². The Morgan fingerprint density at radius 3 is 2.75 bits per heavy atom. The largest absolute Gasteiger partial charge is 0.320 e. The van der Waals surface area contributed by atoms with Crippen LogP contribution in [0.3, 0.4) is 0 Å². The van der Waals surface area contributed by atoms with E-state index in [0.29, 0.717) is 18.1 Å². The van der Waals surface area contributed by atoms with Crippen molar-refractivity contribution in [3.8, 4) is 0 Å². The van der Waals surface area contributed by atoms with Crippen LogP contribution in [-0.4, -0.2) is 38.0 Å². The van der Waals surface area contributed by atoms with Crippen LogP contribution in [-0.2, 0) is 13.1 Å². The van der Waals surface area contributed by atoms with Crippen LogP contribution in [0.2, 0.25) is 0 Å². The summed E-state index contributed by atoms with van der Waals surface area (Å²) in [4.78, 5) is 22.5. The zero-order valence-corrected chi connectivity index (χ0v) is 13.9. The molecule has 0 spiro atoms. The number of carbonyl (C=O) groups is 1. The molecular weight excluding hydrogens is 324 g/mol. The van der Waals surface area contributed by atoms with Gasteiger partial charge in [0.1, 0.15) is 5.01 Å². The summed E-state index contributed by atoms with van der Waals surface area (Å²) in [7, 11) is 1.96. The molecule has 0 aliphatic rings. The fraction of sp³-hybridized carbons (Fsp3) is 0.188. The van der Waals surface area contributed by atoms with E-state index in [2.05, 4.69) is 25.5 Å². The Morgan fingerprint density at radius 1 is 1.17 bits per heavy atom. The average molecular weight is 340 g/mol. The first kappa shape index (κ1) is 16.2. The van der Waals surface area contributed by atoms with Gasteiger partial charge in [0.05, 0.1) is 12.2 Å². The minimum Gasteiger partial charge on any atom is -0.320 e. The topological polar surface area (TPSA) is 83.9 Å². The van der Waals surface area contributed by atoms with Crippen LogP contribution in [0.4, 0.5) is 5.69 Å². The second kappa shape index (κ2) is 7.71. The SMILES string of the molecule is CN(Cc1cnccn1)Cc1nnc(C(=O)Nc2ccccc2)s1. The molecule has 0 bridgehead atoms. The number of nitrogens with one attached hydrogen (secondary N) is 1. The Labute approximate surface area is 143 Å². The molecule has 8 heteroatoms. The third-order valence-electron chi connectivity index (χ3n) is 3.15. The van der Waals surface area contributed by atoms with E-state index in [-0.39, 0.29) is 5.91 Å². The molecule has 0 aliphatic heterocycles. The van der Waals surface area contributed by atoms with Gasteiger partial charge in [0.25, 0.3) is 5.91 Å². The van der Waals surface area contributed by atoms with Gasteiger partial charge in [-0.05, 0) is 19.2 Å². The number of aromatic nitrogens is 4. The fourth-order valence-electron chi connectivity index (χ4n) is 2.09. The first-order valence-corrected chi connectivity index (χ1v) is 8.14. The van der Waals surface area contributed by atoms with Crippen LogP contribution >= 0.6 is 11.3 Å². The van der Waals surface area contributed by atoms with Gasteiger partial charge in [0.15, 0.2) is 0 Å². The zero-order valence-electron chi connectivity index (χ0n) is 13.1. The van der Waals surface area contributed by atoms with E-state index in [4.69, 9.17) is 0 Å². The summed E-state index contributed by atoms with van der Waals surface area (Å²) < 4.78 is 0. The Balaban J connectivity index is 1.58. The number of hydrogen-bond donors (Lipinski definition) is 1. The Morgan fingerprint density at radius 2 is 2.00 bits per heavy atom. The molecule has 0 fully saturated rings. The standard InChI is InChI=1S/C16H16N6OS/c1-22(10-13-9-17-7-8-18-13)11-14-20-21-16(24-14)15(23)19-12-5-3-2-4-6-12/h2-9H,10-11H2,1H3,(H,19,23). The minimum absolute atomic E-state index is 0.249. The van der Waals surface area contributed by atoms with E-state index in [1.54, 1.807) is 18.6 Å². The normalized spacial score (nSPS) is 10.8. The predicted molar refractivity (Wildman–Crippen MR) is 91.5 cm³/mol. The van der Waals surface area contributed by atoms with Gasteiger partial charge in [-0.25, -0.2) is 0 Å². The molecule has 2 heterocycles. The summed E-state index contributed by atoms with van der Waals surface area (Å²) in [6.07, 6.45) is 5.04. The minimum atomic E-state index is -0.249. The zero-order chi connectivity index (χ0) is 16.8. The summed E-state index contributed by atoms with van der Waals surface area (Å²) in [6.45, 7) is 1.24. The van der Waals surface area contributed by atoms with Gasteiger partial charge in [-0.3, -0.25) is 19.7 Å². The molecule has 7 nitrogen and oxygen atoms in total. The summed E-state index contributed by atoms with van der Waals surface area (Å²) in [5.74, 6) is -0.249. The lowest BCUT2D eigenvalue weighted by atomic mass is 10.3. The third kappa shape index (κ3) is 4.40. The lowest BCUT2D eigenvalue weighted by Gasteiger charge is -2.13. The Kier molecular flexibility index (Phi) is 5.19. The maximum absolute atomic E-state index is 12.2. The predicted octanol–water partition coefficient (Wildman–Crippen LogP) is 2.21. The molecule has 1 aromatic carbocycles. The van der Waals surface area contributed by atoms with Gasteiger partial charge in [0, 0.05) is 30.8 Å². The first-order chi connectivity index (χ1) is 11.7. The molecule has 3 rings (SSSR count). The lowest BCUT2D eigenvalue weighted by Crippen LogP contribution is -2.17. The summed E-state index contributed by atoms with van der Waals surface area (Å²) in [6, 6.07) is 9.28. The van der Waals surface area contributed by atoms with Crippen molar-refractivity contribution in [2.75, 3.05) is 12.4 Å². The van der Waals surface area contributed by atoms with Crippen molar-refractivity contribution < 1.29 is 4.79 Å². The maximum Gasteiger partial charge on any atom is 0.286 e. The van der Waals surface area contributed by atoms with Gasteiger partial charge in [-0.1, -0.05) is 29.5 Å². The van der Waals surface area contributed by atoms with Crippen LogP contribution in [0.1, 0.15) is 20.5 Å². The molecule has 3 aromatic rings. The van der Waals surface area contributed by atoms with Crippen LogP contribution in [0.15, 0.2) is 48.9 Å². The molecule has 24 heavy (non-hydrogen) atoms. The van der Waals surface area contributed by atoms with E-state index in [0.717, 1.165) is 16.4 Å². The molecule has 0 radical (unpaired) electrons. The quantitative estimate of drug-likeness (QED) is 0.741. The number of nitrogens with zero attached hydrogens (tertiary/aromatic N) is 5. The molecule has 0 saturated heterocycles. The Hall–Kier alpha value is -2.71. The van der Waals surface area contributed by atoms with Gasteiger partial charge in [0.2, 0.25) is 5.01 Å². The van der Waals surface area contributed by atoms with E-state index in [9.17, 15) is 4.79 Å². The van der Waals surface area contributed by atoms with Crippen LogP contribution in [0.5, 0.6) is 0 Å². The molecule has 0 unspecified atom stereocenters. The highest BCUT2D eigenvalue weighted by atomic mass is 32.1.